The Bertz CT molecular complexity index is 277. The quantitative estimate of drug-likeness (QED) is 0.628. The van der Waals surface area contributed by atoms with Crippen molar-refractivity contribution in [2.45, 2.75) is 20.8 Å². The predicted molar refractivity (Wildman–Crippen MR) is 67.3 cm³/mol. The van der Waals surface area contributed by atoms with Crippen LogP contribution in [0.25, 0.3) is 0 Å². The molecule has 6 nitrogen and oxygen atoms in total. The molecule has 105 valence electrons. The van der Waals surface area contributed by atoms with E-state index in [4.69, 9.17) is 15.3 Å². The van der Waals surface area contributed by atoms with Gasteiger partial charge in [0.2, 0.25) is 0 Å². The summed E-state index contributed by atoms with van der Waals surface area (Å²) in [5.74, 6) is -2.81. The molecule has 0 aliphatic rings. The van der Waals surface area contributed by atoms with Gasteiger partial charge in [0.05, 0.1) is 0 Å². The smallest absolute Gasteiger partial charge is 0.330 e. The maximum atomic E-state index is 9.60. The molecule has 0 aromatic heterocycles. The molecule has 19 heavy (non-hydrogen) atoms. The number of carboxylic acid groups (broad SMARTS) is 3. The molecule has 0 aromatic carbocycles. The monoisotopic (exact) mass is 397 g/mol. The van der Waals surface area contributed by atoms with Gasteiger partial charge in [-0.2, -0.15) is 0 Å². The Morgan fingerprint density at radius 2 is 0.684 bits per heavy atom. The molecule has 0 bridgehead atoms. The molecule has 7 heteroatoms. The van der Waals surface area contributed by atoms with E-state index in [1.54, 1.807) is 0 Å². The van der Waals surface area contributed by atoms with Gasteiger partial charge in [0.15, 0.2) is 0 Å². The normalized spacial score (nSPS) is 7.11. The molecule has 0 aliphatic carbocycles. The minimum atomic E-state index is -0.935. The summed E-state index contributed by atoms with van der Waals surface area (Å²) >= 11 is 0. The number of carboxylic acids is 3. The van der Waals surface area contributed by atoms with Crippen LogP contribution in [0.4, 0.5) is 0 Å². The van der Waals surface area contributed by atoms with Crippen LogP contribution in [0.15, 0.2) is 36.5 Å². The molecule has 0 spiro atoms. The summed E-state index contributed by atoms with van der Waals surface area (Å²) in [7, 11) is 0. The topological polar surface area (TPSA) is 112 Å². The maximum absolute atomic E-state index is 9.60. The molecule has 0 saturated carbocycles. The van der Waals surface area contributed by atoms with Gasteiger partial charge in [-0.1, -0.05) is 19.7 Å². The minimum Gasteiger partial charge on any atom is -0.478 e. The van der Waals surface area contributed by atoms with Gasteiger partial charge in [-0.25, -0.2) is 14.4 Å². The van der Waals surface area contributed by atoms with E-state index in [2.05, 4.69) is 19.7 Å². The van der Waals surface area contributed by atoms with E-state index < -0.39 is 17.9 Å². The molecule has 0 unspecified atom stereocenters. The van der Waals surface area contributed by atoms with Crippen molar-refractivity contribution in [2.24, 2.45) is 0 Å². The van der Waals surface area contributed by atoms with E-state index in [0.717, 1.165) is 0 Å². The largest absolute Gasteiger partial charge is 0.478 e. The molecule has 1 radical (unpaired) electrons. The number of carbonyl (C=O) groups is 3. The number of hydrogen-bond donors (Lipinski definition) is 3. The number of aliphatic carboxylic acids is 3. The summed E-state index contributed by atoms with van der Waals surface area (Å²) in [6.07, 6.45) is 0. The molecule has 3 N–H and O–H groups in total. The van der Waals surface area contributed by atoms with Gasteiger partial charge in [0.1, 0.15) is 0 Å². The molecular formula is C12H18LaO6. The molecule has 0 saturated heterocycles. The first kappa shape index (κ1) is 26.4. The zero-order valence-corrected chi connectivity index (χ0v) is 14.9. The Labute approximate surface area is 140 Å². The SMILES string of the molecule is C=C(C)C(=O)O.C=C(C)C(=O)O.C=C(C)C(=O)O.[La]. The Morgan fingerprint density at radius 1 is 0.632 bits per heavy atom. The number of rotatable bonds is 3. The van der Waals surface area contributed by atoms with Crippen molar-refractivity contribution >= 4 is 17.9 Å². The summed E-state index contributed by atoms with van der Waals surface area (Å²) in [5, 5.41) is 23.7. The Kier molecular flexibility index (Phi) is 20.7. The molecule has 0 fully saturated rings. The van der Waals surface area contributed by atoms with Gasteiger partial charge in [-0.15, -0.1) is 0 Å². The first-order valence-electron chi connectivity index (χ1n) is 4.59. The summed E-state index contributed by atoms with van der Waals surface area (Å²) < 4.78 is 0. The van der Waals surface area contributed by atoms with Gasteiger partial charge in [0.25, 0.3) is 0 Å². The van der Waals surface area contributed by atoms with Gasteiger partial charge < -0.3 is 15.3 Å². The van der Waals surface area contributed by atoms with Crippen LogP contribution in [0, 0.1) is 35.6 Å². The third-order valence-electron chi connectivity index (χ3n) is 1.10. The molecule has 0 atom stereocenters. The van der Waals surface area contributed by atoms with Crippen molar-refractivity contribution in [2.75, 3.05) is 0 Å². The molecule has 0 aliphatic heterocycles. The van der Waals surface area contributed by atoms with Crippen LogP contribution in [0.2, 0.25) is 0 Å². The van der Waals surface area contributed by atoms with Crippen LogP contribution in [0.3, 0.4) is 0 Å². The average Bonchev–Trinajstić information content (AvgIpc) is 2.18. The van der Waals surface area contributed by atoms with Gasteiger partial charge in [-0.05, 0) is 20.8 Å². The average molecular weight is 397 g/mol. The Hall–Kier alpha value is -1.18. The van der Waals surface area contributed by atoms with E-state index in [1.807, 2.05) is 0 Å². The molecule has 0 amide bonds. The van der Waals surface area contributed by atoms with Gasteiger partial charge in [0, 0.05) is 52.3 Å². The third-order valence-corrected chi connectivity index (χ3v) is 1.10. The summed E-state index contributed by atoms with van der Waals surface area (Å²) in [6.45, 7) is 13.8. The molecule has 0 heterocycles. The summed E-state index contributed by atoms with van der Waals surface area (Å²) in [5.41, 5.74) is 0.528. The fourth-order valence-electron chi connectivity index (χ4n) is 0. The summed E-state index contributed by atoms with van der Waals surface area (Å²) in [6, 6.07) is 0. The van der Waals surface area contributed by atoms with Crippen molar-refractivity contribution in [3.63, 3.8) is 0 Å². The fraction of sp³-hybridized carbons (Fsp3) is 0.250. The van der Waals surface area contributed by atoms with Crippen molar-refractivity contribution in [3.8, 4) is 0 Å². The second-order valence-corrected chi connectivity index (χ2v) is 3.26. The van der Waals surface area contributed by atoms with E-state index in [-0.39, 0.29) is 52.3 Å². The van der Waals surface area contributed by atoms with Gasteiger partial charge >= 0.3 is 17.9 Å². The van der Waals surface area contributed by atoms with Crippen molar-refractivity contribution in [1.82, 2.24) is 0 Å². The van der Waals surface area contributed by atoms with Crippen LogP contribution in [-0.2, 0) is 14.4 Å². The van der Waals surface area contributed by atoms with Crippen molar-refractivity contribution < 1.29 is 65.3 Å². The van der Waals surface area contributed by atoms with Crippen LogP contribution in [0.5, 0.6) is 0 Å². The van der Waals surface area contributed by atoms with Crippen LogP contribution in [0.1, 0.15) is 20.8 Å². The van der Waals surface area contributed by atoms with Crippen molar-refractivity contribution in [1.29, 1.82) is 0 Å². The van der Waals surface area contributed by atoms with Crippen LogP contribution < -0.4 is 0 Å². The zero-order valence-electron chi connectivity index (χ0n) is 11.3. The summed E-state index contributed by atoms with van der Waals surface area (Å²) in [4.78, 5) is 28.8. The second-order valence-electron chi connectivity index (χ2n) is 3.26. The standard InChI is InChI=1S/3C4H6O2.La/c3*1-3(2)4(5)6;/h3*1H2,2H3,(H,5,6);. The second kappa shape index (κ2) is 14.9. The minimum absolute atomic E-state index is 0. The first-order chi connectivity index (χ1) is 7.93. The fourth-order valence-corrected chi connectivity index (χ4v) is 0. The van der Waals surface area contributed by atoms with E-state index in [9.17, 15) is 14.4 Å². The van der Waals surface area contributed by atoms with Crippen LogP contribution >= 0.6 is 0 Å². The molecule has 0 aromatic rings. The molecule has 0 rings (SSSR count). The Balaban J connectivity index is -0.0000000865. The predicted octanol–water partition coefficient (Wildman–Crippen LogP) is 1.94. The van der Waals surface area contributed by atoms with Gasteiger partial charge in [-0.3, -0.25) is 0 Å². The van der Waals surface area contributed by atoms with E-state index >= 15 is 0 Å². The zero-order chi connectivity index (χ0) is 15.5. The molecular weight excluding hydrogens is 379 g/mol. The van der Waals surface area contributed by atoms with Crippen molar-refractivity contribution in [3.05, 3.63) is 36.5 Å². The first-order valence-corrected chi connectivity index (χ1v) is 4.59. The van der Waals surface area contributed by atoms with E-state index in [1.165, 1.54) is 20.8 Å². The third kappa shape index (κ3) is 31.6. The maximum Gasteiger partial charge on any atom is 0.330 e. The van der Waals surface area contributed by atoms with E-state index in [0.29, 0.717) is 0 Å². The van der Waals surface area contributed by atoms with Crippen LogP contribution in [-0.4, -0.2) is 33.2 Å². The number of hydrogen-bond acceptors (Lipinski definition) is 3. The Morgan fingerprint density at radius 3 is 0.684 bits per heavy atom.